The van der Waals surface area contributed by atoms with Crippen LogP contribution in [-0.4, -0.2) is 56.7 Å². The topological polar surface area (TPSA) is 78.4 Å². The van der Waals surface area contributed by atoms with Gasteiger partial charge in [-0.25, -0.2) is 12.8 Å². The van der Waals surface area contributed by atoms with Crippen LogP contribution in [0.2, 0.25) is 0 Å². The maximum Gasteiger partial charge on any atom is 0.263 e. The van der Waals surface area contributed by atoms with Crippen LogP contribution < -0.4 is 9.62 Å². The third-order valence-corrected chi connectivity index (χ3v) is 5.66. The van der Waals surface area contributed by atoms with Crippen LogP contribution in [0.1, 0.15) is 5.56 Å². The number of hydrogen-bond donors (Lipinski definition) is 1. The Hall–Kier alpha value is -2.26. The summed E-state index contributed by atoms with van der Waals surface area (Å²) >= 11 is 0. The maximum atomic E-state index is 13.2. The molecule has 1 aliphatic rings. The van der Waals surface area contributed by atoms with E-state index in [1.807, 2.05) is 0 Å². The average molecular weight is 365 g/mol. The Labute approximate surface area is 146 Å². The van der Waals surface area contributed by atoms with Crippen LogP contribution in [0.15, 0.2) is 35.2 Å². The molecule has 1 N–H and O–H groups in total. The first kappa shape index (κ1) is 17.6. The molecule has 0 atom stereocenters. The van der Waals surface area contributed by atoms with Crippen molar-refractivity contribution in [3.05, 3.63) is 41.7 Å². The largest absolute Gasteiger partial charge is 0.353 e. The summed E-state index contributed by atoms with van der Waals surface area (Å²) in [5, 5.41) is 8.07. The Bertz CT molecular complexity index is 849. The van der Waals surface area contributed by atoms with E-state index in [1.54, 1.807) is 19.1 Å². The number of rotatable bonds is 4. The minimum atomic E-state index is -3.85. The number of nitrogens with one attached hydrogen (secondary N) is 1. The normalized spacial score (nSPS) is 16.0. The van der Waals surface area contributed by atoms with E-state index in [4.69, 9.17) is 0 Å². The Balaban J connectivity index is 1.74. The quantitative estimate of drug-likeness (QED) is 0.884. The van der Waals surface area contributed by atoms with E-state index in [1.165, 1.54) is 12.1 Å². The Kier molecular flexibility index (Phi) is 4.87. The minimum Gasteiger partial charge on any atom is -0.353 e. The fourth-order valence-corrected chi connectivity index (χ4v) is 3.91. The number of nitrogens with zero attached hydrogens (tertiary/aromatic N) is 4. The van der Waals surface area contributed by atoms with Gasteiger partial charge < -0.3 is 9.80 Å². The molecule has 1 aromatic heterocycles. The van der Waals surface area contributed by atoms with Crippen molar-refractivity contribution in [3.63, 3.8) is 0 Å². The van der Waals surface area contributed by atoms with Gasteiger partial charge in [-0.3, -0.25) is 4.72 Å². The van der Waals surface area contributed by atoms with Gasteiger partial charge in [0.15, 0.2) is 11.6 Å². The van der Waals surface area contributed by atoms with Crippen molar-refractivity contribution in [2.45, 2.75) is 11.8 Å². The second kappa shape index (κ2) is 6.93. The number of aromatic nitrogens is 2. The zero-order valence-electron chi connectivity index (χ0n) is 14.1. The molecular weight excluding hydrogens is 345 g/mol. The lowest BCUT2D eigenvalue weighted by Gasteiger charge is -2.32. The minimum absolute atomic E-state index is 0.0128. The molecule has 1 fully saturated rings. The van der Waals surface area contributed by atoms with Gasteiger partial charge in [0.2, 0.25) is 0 Å². The van der Waals surface area contributed by atoms with E-state index in [0.29, 0.717) is 11.4 Å². The van der Waals surface area contributed by atoms with Crippen molar-refractivity contribution in [3.8, 4) is 0 Å². The lowest BCUT2D eigenvalue weighted by molar-refractivity contribution is 0.312. The van der Waals surface area contributed by atoms with Gasteiger partial charge in [0.25, 0.3) is 10.0 Å². The van der Waals surface area contributed by atoms with Crippen LogP contribution in [0.4, 0.5) is 16.0 Å². The Morgan fingerprint density at radius 1 is 1.08 bits per heavy atom. The van der Waals surface area contributed by atoms with Gasteiger partial charge in [-0.1, -0.05) is 0 Å². The fourth-order valence-electron chi connectivity index (χ4n) is 2.69. The molecule has 1 saturated heterocycles. The number of likely N-dealkylation sites (N-methyl/N-ethyl adjacent to an activating group) is 1. The summed E-state index contributed by atoms with van der Waals surface area (Å²) in [6.45, 7) is 5.13. The lowest BCUT2D eigenvalue weighted by atomic mass is 10.2. The molecule has 0 bridgehead atoms. The highest BCUT2D eigenvalue weighted by molar-refractivity contribution is 7.92. The van der Waals surface area contributed by atoms with Gasteiger partial charge in [-0.05, 0) is 49.9 Å². The molecule has 134 valence electrons. The molecule has 0 saturated carbocycles. The van der Waals surface area contributed by atoms with Gasteiger partial charge in [0, 0.05) is 26.2 Å². The number of hydrogen-bond acceptors (Lipinski definition) is 6. The maximum absolute atomic E-state index is 13.2. The second-order valence-corrected chi connectivity index (χ2v) is 7.73. The third-order valence-electron chi connectivity index (χ3n) is 4.14. The van der Waals surface area contributed by atoms with E-state index in [-0.39, 0.29) is 10.7 Å². The Morgan fingerprint density at radius 2 is 1.80 bits per heavy atom. The molecule has 2 aromatic rings. The summed E-state index contributed by atoms with van der Waals surface area (Å²) < 4.78 is 40.4. The highest BCUT2D eigenvalue weighted by atomic mass is 32.2. The lowest BCUT2D eigenvalue weighted by Crippen LogP contribution is -2.44. The van der Waals surface area contributed by atoms with Crippen molar-refractivity contribution in [1.82, 2.24) is 15.1 Å². The van der Waals surface area contributed by atoms with Gasteiger partial charge in [0.05, 0.1) is 4.90 Å². The second-order valence-electron chi connectivity index (χ2n) is 6.08. The van der Waals surface area contributed by atoms with Crippen LogP contribution in [0.3, 0.4) is 0 Å². The molecule has 0 amide bonds. The van der Waals surface area contributed by atoms with Gasteiger partial charge in [-0.2, -0.15) is 0 Å². The summed E-state index contributed by atoms with van der Waals surface area (Å²) in [4.78, 5) is 4.35. The fraction of sp³-hybridized carbons (Fsp3) is 0.375. The van der Waals surface area contributed by atoms with Gasteiger partial charge in [0.1, 0.15) is 5.82 Å². The summed E-state index contributed by atoms with van der Waals surface area (Å²) in [5.74, 6) is 0.364. The van der Waals surface area contributed by atoms with Crippen LogP contribution in [-0.2, 0) is 10.0 Å². The molecule has 2 heterocycles. The SMILES string of the molecule is Cc1cc(F)ccc1S(=O)(=O)Nc1ccc(N2CCN(C)CC2)nn1. The van der Waals surface area contributed by atoms with Gasteiger partial charge >= 0.3 is 0 Å². The molecule has 0 aliphatic carbocycles. The summed E-state index contributed by atoms with van der Waals surface area (Å²) in [7, 11) is -1.78. The van der Waals surface area contributed by atoms with Crippen molar-refractivity contribution < 1.29 is 12.8 Å². The van der Waals surface area contributed by atoms with Crippen molar-refractivity contribution in [2.75, 3.05) is 42.8 Å². The predicted molar refractivity (Wildman–Crippen MR) is 93.7 cm³/mol. The molecule has 7 nitrogen and oxygen atoms in total. The van der Waals surface area contributed by atoms with E-state index in [2.05, 4.69) is 31.8 Å². The highest BCUT2D eigenvalue weighted by Crippen LogP contribution is 2.20. The van der Waals surface area contributed by atoms with Crippen LogP contribution in [0, 0.1) is 12.7 Å². The monoisotopic (exact) mass is 365 g/mol. The van der Waals surface area contributed by atoms with Crippen molar-refractivity contribution >= 4 is 21.7 Å². The highest BCUT2D eigenvalue weighted by Gasteiger charge is 2.19. The predicted octanol–water partition coefficient (Wildman–Crippen LogP) is 1.48. The van der Waals surface area contributed by atoms with Gasteiger partial charge in [-0.15, -0.1) is 10.2 Å². The zero-order valence-corrected chi connectivity index (χ0v) is 14.9. The molecule has 1 aromatic carbocycles. The number of aryl methyl sites for hydroxylation is 1. The smallest absolute Gasteiger partial charge is 0.263 e. The van der Waals surface area contributed by atoms with Crippen LogP contribution >= 0.6 is 0 Å². The molecule has 1 aliphatic heterocycles. The number of sulfonamides is 1. The Morgan fingerprint density at radius 3 is 2.40 bits per heavy atom. The summed E-state index contributed by atoms with van der Waals surface area (Å²) in [6.07, 6.45) is 0. The number of halogens is 1. The molecular formula is C16H20FN5O2S. The van der Waals surface area contributed by atoms with E-state index < -0.39 is 15.8 Å². The molecule has 25 heavy (non-hydrogen) atoms. The van der Waals surface area contributed by atoms with Crippen molar-refractivity contribution in [1.29, 1.82) is 0 Å². The number of piperazine rings is 1. The van der Waals surface area contributed by atoms with E-state index in [9.17, 15) is 12.8 Å². The van der Waals surface area contributed by atoms with Crippen LogP contribution in [0.5, 0.6) is 0 Å². The standard InChI is InChI=1S/C16H20FN5O2S/c1-12-11-13(17)3-4-14(12)25(23,24)20-15-5-6-16(19-18-15)22-9-7-21(2)8-10-22/h3-6,11H,7-10H2,1-2H3,(H,18,20). The number of anilines is 2. The van der Waals surface area contributed by atoms with Crippen LogP contribution in [0.25, 0.3) is 0 Å². The number of benzene rings is 1. The third kappa shape index (κ3) is 4.05. The van der Waals surface area contributed by atoms with Crippen molar-refractivity contribution in [2.24, 2.45) is 0 Å². The van der Waals surface area contributed by atoms with E-state index in [0.717, 1.165) is 32.2 Å². The molecule has 0 unspecified atom stereocenters. The first-order chi connectivity index (χ1) is 11.8. The molecule has 0 radical (unpaired) electrons. The average Bonchev–Trinajstić information content (AvgIpc) is 2.55. The summed E-state index contributed by atoms with van der Waals surface area (Å²) in [5.41, 5.74) is 0.328. The molecule has 3 rings (SSSR count). The summed E-state index contributed by atoms with van der Waals surface area (Å²) in [6, 6.07) is 6.85. The first-order valence-electron chi connectivity index (χ1n) is 7.91. The first-order valence-corrected chi connectivity index (χ1v) is 9.40. The molecule has 0 spiro atoms. The van der Waals surface area contributed by atoms with E-state index >= 15 is 0 Å². The zero-order chi connectivity index (χ0) is 18.0. The molecule has 9 heteroatoms.